The molecule has 2 aromatic carbocycles. The Morgan fingerprint density at radius 3 is 2.80 bits per heavy atom. The fraction of sp³-hybridized carbons (Fsp3) is 0.250. The SMILES string of the molecule is O=C(Nc1nc2ccc([N+](=O)[O-])cc2s1)C1CC(=O)N(CCc2ccc(F)cc2)C1. The second-order valence-corrected chi connectivity index (χ2v) is 8.07. The Morgan fingerprint density at radius 1 is 1.30 bits per heavy atom. The lowest BCUT2D eigenvalue weighted by molar-refractivity contribution is -0.384. The average Bonchev–Trinajstić information content (AvgIpc) is 3.29. The standard InChI is InChI=1S/C20H17FN4O4S/c21-14-3-1-12(2-4-14)7-8-24-11-13(9-18(24)26)19(27)23-20-22-16-6-5-15(25(28)29)10-17(16)30-20/h1-6,10,13H,7-9,11H2,(H,22,23,27). The maximum atomic E-state index is 13.0. The molecule has 10 heteroatoms. The molecule has 3 aromatic rings. The van der Waals surface area contributed by atoms with Gasteiger partial charge >= 0.3 is 0 Å². The maximum Gasteiger partial charge on any atom is 0.270 e. The van der Waals surface area contributed by atoms with Crippen molar-refractivity contribution in [3.63, 3.8) is 0 Å². The molecule has 30 heavy (non-hydrogen) atoms. The van der Waals surface area contributed by atoms with E-state index in [2.05, 4.69) is 10.3 Å². The van der Waals surface area contributed by atoms with Gasteiger partial charge in [0.05, 0.1) is 21.1 Å². The Labute approximate surface area is 174 Å². The van der Waals surface area contributed by atoms with Gasteiger partial charge < -0.3 is 10.2 Å². The molecule has 0 bridgehead atoms. The molecular weight excluding hydrogens is 411 g/mol. The molecule has 1 aliphatic heterocycles. The van der Waals surface area contributed by atoms with Gasteiger partial charge in [-0.3, -0.25) is 19.7 Å². The van der Waals surface area contributed by atoms with Crippen LogP contribution >= 0.6 is 11.3 Å². The van der Waals surface area contributed by atoms with Crippen LogP contribution in [0.25, 0.3) is 10.2 Å². The molecule has 0 aliphatic carbocycles. The highest BCUT2D eigenvalue weighted by molar-refractivity contribution is 7.22. The minimum atomic E-state index is -0.493. The van der Waals surface area contributed by atoms with Gasteiger partial charge in [0.2, 0.25) is 11.8 Å². The molecule has 0 radical (unpaired) electrons. The van der Waals surface area contributed by atoms with Crippen LogP contribution in [0.5, 0.6) is 0 Å². The smallest absolute Gasteiger partial charge is 0.270 e. The van der Waals surface area contributed by atoms with Crippen molar-refractivity contribution < 1.29 is 18.9 Å². The summed E-state index contributed by atoms with van der Waals surface area (Å²) in [5, 5.41) is 14.0. The van der Waals surface area contributed by atoms with Crippen LogP contribution in [-0.2, 0) is 16.0 Å². The maximum absolute atomic E-state index is 13.0. The lowest BCUT2D eigenvalue weighted by atomic mass is 10.1. The topological polar surface area (TPSA) is 105 Å². The summed E-state index contributed by atoms with van der Waals surface area (Å²) < 4.78 is 13.6. The van der Waals surface area contributed by atoms with Gasteiger partial charge in [-0.05, 0) is 30.2 Å². The molecule has 1 fully saturated rings. The third-order valence-electron chi connectivity index (χ3n) is 4.98. The predicted molar refractivity (Wildman–Crippen MR) is 110 cm³/mol. The largest absolute Gasteiger partial charge is 0.342 e. The Bertz CT molecular complexity index is 1130. The van der Waals surface area contributed by atoms with E-state index in [1.165, 1.54) is 30.3 Å². The number of rotatable bonds is 6. The summed E-state index contributed by atoms with van der Waals surface area (Å²) in [7, 11) is 0. The number of nitro benzene ring substituents is 1. The predicted octanol–water partition coefficient (Wildman–Crippen LogP) is 3.37. The van der Waals surface area contributed by atoms with Crippen molar-refractivity contribution in [2.75, 3.05) is 18.4 Å². The number of carbonyl (C=O) groups excluding carboxylic acids is 2. The Balaban J connectivity index is 1.37. The number of nitrogens with one attached hydrogen (secondary N) is 1. The van der Waals surface area contributed by atoms with Gasteiger partial charge in [-0.2, -0.15) is 0 Å². The van der Waals surface area contributed by atoms with E-state index < -0.39 is 10.8 Å². The summed E-state index contributed by atoms with van der Waals surface area (Å²) in [5.41, 5.74) is 1.44. The first kappa shape index (κ1) is 19.9. The summed E-state index contributed by atoms with van der Waals surface area (Å²) in [6.45, 7) is 0.765. The van der Waals surface area contributed by atoms with Gasteiger partial charge in [0.15, 0.2) is 5.13 Å². The minimum Gasteiger partial charge on any atom is -0.342 e. The van der Waals surface area contributed by atoms with Crippen molar-refractivity contribution in [2.24, 2.45) is 5.92 Å². The molecule has 0 spiro atoms. The van der Waals surface area contributed by atoms with Crippen molar-refractivity contribution in [2.45, 2.75) is 12.8 Å². The van der Waals surface area contributed by atoms with Crippen LogP contribution in [0.2, 0.25) is 0 Å². The quantitative estimate of drug-likeness (QED) is 0.479. The van der Waals surface area contributed by atoms with Crippen LogP contribution in [0.15, 0.2) is 42.5 Å². The van der Waals surface area contributed by atoms with E-state index in [4.69, 9.17) is 0 Å². The lowest BCUT2D eigenvalue weighted by Crippen LogP contribution is -2.30. The van der Waals surface area contributed by atoms with Crippen molar-refractivity contribution in [1.82, 2.24) is 9.88 Å². The summed E-state index contributed by atoms with van der Waals surface area (Å²) >= 11 is 1.15. The Morgan fingerprint density at radius 2 is 2.07 bits per heavy atom. The number of benzene rings is 2. The number of thiazole rings is 1. The molecule has 0 saturated carbocycles. The number of nitrogens with zero attached hydrogens (tertiary/aromatic N) is 3. The molecule has 1 atom stereocenters. The highest BCUT2D eigenvalue weighted by Crippen LogP contribution is 2.30. The van der Waals surface area contributed by atoms with Crippen LogP contribution in [0, 0.1) is 21.8 Å². The first-order chi connectivity index (χ1) is 14.4. The first-order valence-electron chi connectivity index (χ1n) is 9.27. The zero-order chi connectivity index (χ0) is 21.3. The van der Waals surface area contributed by atoms with Crippen LogP contribution in [0.3, 0.4) is 0 Å². The Hall–Kier alpha value is -3.40. The van der Waals surface area contributed by atoms with Crippen molar-refractivity contribution in [1.29, 1.82) is 0 Å². The van der Waals surface area contributed by atoms with E-state index in [9.17, 15) is 24.1 Å². The number of carbonyl (C=O) groups is 2. The van der Waals surface area contributed by atoms with E-state index in [1.54, 1.807) is 17.0 Å². The van der Waals surface area contributed by atoms with E-state index in [-0.39, 0.29) is 29.7 Å². The molecule has 2 amide bonds. The zero-order valence-electron chi connectivity index (χ0n) is 15.7. The molecule has 1 aliphatic rings. The van der Waals surface area contributed by atoms with Crippen LogP contribution in [0.4, 0.5) is 15.2 Å². The van der Waals surface area contributed by atoms with E-state index in [0.29, 0.717) is 34.9 Å². The molecule has 1 unspecified atom stereocenters. The number of aromatic nitrogens is 1. The number of anilines is 1. The second-order valence-electron chi connectivity index (χ2n) is 7.03. The van der Waals surface area contributed by atoms with Crippen LogP contribution in [-0.4, -0.2) is 39.7 Å². The normalized spacial score (nSPS) is 16.2. The highest BCUT2D eigenvalue weighted by atomic mass is 32.1. The number of non-ortho nitro benzene ring substituents is 1. The van der Waals surface area contributed by atoms with Crippen molar-refractivity contribution in [3.8, 4) is 0 Å². The fourth-order valence-electron chi connectivity index (χ4n) is 3.37. The highest BCUT2D eigenvalue weighted by Gasteiger charge is 2.34. The number of likely N-dealkylation sites (tertiary alicyclic amines) is 1. The van der Waals surface area contributed by atoms with Crippen molar-refractivity contribution >= 4 is 44.2 Å². The van der Waals surface area contributed by atoms with E-state index in [0.717, 1.165) is 16.9 Å². The van der Waals surface area contributed by atoms with Crippen LogP contribution in [0.1, 0.15) is 12.0 Å². The molecular formula is C20H17FN4O4S. The summed E-state index contributed by atoms with van der Waals surface area (Å²) in [5.74, 6) is -1.21. The number of fused-ring (bicyclic) bond motifs is 1. The number of nitro groups is 1. The monoisotopic (exact) mass is 428 g/mol. The fourth-order valence-corrected chi connectivity index (χ4v) is 4.27. The molecule has 4 rings (SSSR count). The molecule has 2 heterocycles. The summed E-state index contributed by atoms with van der Waals surface area (Å²) in [6, 6.07) is 10.4. The molecule has 1 N–H and O–H groups in total. The first-order valence-corrected chi connectivity index (χ1v) is 10.1. The third-order valence-corrected chi connectivity index (χ3v) is 5.92. The number of halogens is 1. The van der Waals surface area contributed by atoms with Gasteiger partial charge in [-0.1, -0.05) is 23.5 Å². The molecule has 154 valence electrons. The summed E-state index contributed by atoms with van der Waals surface area (Å²) in [6.07, 6.45) is 0.697. The lowest BCUT2D eigenvalue weighted by Gasteiger charge is -2.16. The number of amides is 2. The van der Waals surface area contributed by atoms with Gasteiger partial charge in [0.1, 0.15) is 5.82 Å². The second kappa shape index (κ2) is 8.15. The van der Waals surface area contributed by atoms with Gasteiger partial charge in [-0.15, -0.1) is 0 Å². The van der Waals surface area contributed by atoms with Gasteiger partial charge in [-0.25, -0.2) is 9.37 Å². The molecule has 1 aromatic heterocycles. The van der Waals surface area contributed by atoms with Gasteiger partial charge in [0, 0.05) is 31.6 Å². The third kappa shape index (κ3) is 4.28. The number of hydrogen-bond donors (Lipinski definition) is 1. The van der Waals surface area contributed by atoms with Gasteiger partial charge in [0.25, 0.3) is 5.69 Å². The van der Waals surface area contributed by atoms with E-state index in [1.807, 2.05) is 0 Å². The minimum absolute atomic E-state index is 0.0396. The molecule has 8 nitrogen and oxygen atoms in total. The Kier molecular flexibility index (Phi) is 5.40. The van der Waals surface area contributed by atoms with Crippen LogP contribution < -0.4 is 5.32 Å². The average molecular weight is 428 g/mol. The number of hydrogen-bond acceptors (Lipinski definition) is 6. The van der Waals surface area contributed by atoms with E-state index >= 15 is 0 Å². The summed E-state index contributed by atoms with van der Waals surface area (Å²) in [4.78, 5) is 41.2. The zero-order valence-corrected chi connectivity index (χ0v) is 16.5. The molecule has 1 saturated heterocycles. The van der Waals surface area contributed by atoms with Crippen molar-refractivity contribution in [3.05, 3.63) is 64.0 Å².